The molecule has 1 aromatic rings. The lowest BCUT2D eigenvalue weighted by molar-refractivity contribution is 0.570. The molecule has 114 valence electrons. The Hall–Kier alpha value is -0.870. The maximum atomic E-state index is 11.4. The summed E-state index contributed by atoms with van der Waals surface area (Å²) in [5, 5.41) is 3.27. The molecule has 1 rings (SSSR count). The lowest BCUT2D eigenvalue weighted by Crippen LogP contribution is -2.26. The van der Waals surface area contributed by atoms with E-state index in [9.17, 15) is 8.42 Å². The molecule has 1 aromatic carbocycles. The lowest BCUT2D eigenvalue weighted by atomic mass is 9.86. The molecule has 4 heteroatoms. The van der Waals surface area contributed by atoms with Crippen LogP contribution in [0, 0.1) is 0 Å². The van der Waals surface area contributed by atoms with E-state index in [-0.39, 0.29) is 23.0 Å². The summed E-state index contributed by atoms with van der Waals surface area (Å²) >= 11 is 0. The highest BCUT2D eigenvalue weighted by atomic mass is 32.2. The van der Waals surface area contributed by atoms with Gasteiger partial charge in [-0.2, -0.15) is 0 Å². The van der Waals surface area contributed by atoms with Crippen LogP contribution in [0.1, 0.15) is 51.8 Å². The van der Waals surface area contributed by atoms with Gasteiger partial charge in [-0.25, -0.2) is 8.42 Å². The number of rotatable bonds is 6. The molecule has 0 amide bonds. The normalized spacial score (nSPS) is 14.2. The maximum Gasteiger partial charge on any atom is 0.151 e. The van der Waals surface area contributed by atoms with Crippen molar-refractivity contribution < 1.29 is 8.42 Å². The smallest absolute Gasteiger partial charge is 0.151 e. The van der Waals surface area contributed by atoms with E-state index in [2.05, 4.69) is 57.3 Å². The van der Waals surface area contributed by atoms with Crippen LogP contribution in [-0.2, 0) is 15.3 Å². The first-order valence-electron chi connectivity index (χ1n) is 7.20. The Morgan fingerprint density at radius 1 is 1.15 bits per heavy atom. The van der Waals surface area contributed by atoms with E-state index in [0.717, 1.165) is 0 Å². The molecule has 0 fully saturated rings. The summed E-state index contributed by atoms with van der Waals surface area (Å²) < 4.78 is 22.9. The summed E-state index contributed by atoms with van der Waals surface area (Å²) in [5.74, 6) is 0.414. The third-order valence-corrected chi connectivity index (χ3v) is 5.29. The number of nitrogens with one attached hydrogen (secondary N) is 1. The Bertz CT molecular complexity index is 512. The van der Waals surface area contributed by atoms with Crippen molar-refractivity contribution in [1.29, 1.82) is 0 Å². The first kappa shape index (κ1) is 17.2. The summed E-state index contributed by atoms with van der Waals surface area (Å²) in [5.41, 5.74) is 2.65. The van der Waals surface area contributed by atoms with E-state index in [1.165, 1.54) is 11.1 Å². The Morgan fingerprint density at radius 3 is 2.15 bits per heavy atom. The molecule has 0 aliphatic carbocycles. The van der Waals surface area contributed by atoms with Crippen molar-refractivity contribution in [1.82, 2.24) is 5.32 Å². The van der Waals surface area contributed by atoms with Gasteiger partial charge in [0.05, 0.1) is 5.75 Å². The van der Waals surface area contributed by atoms with Crippen LogP contribution in [0.4, 0.5) is 0 Å². The largest absolute Gasteiger partial charge is 0.309 e. The van der Waals surface area contributed by atoms with Crippen LogP contribution < -0.4 is 5.32 Å². The minimum atomic E-state index is -2.89. The molecule has 3 nitrogen and oxygen atoms in total. The van der Waals surface area contributed by atoms with E-state index in [4.69, 9.17) is 0 Å². The van der Waals surface area contributed by atoms with Crippen LogP contribution >= 0.6 is 0 Å². The molecule has 0 radical (unpaired) electrons. The molecule has 0 aliphatic rings. The van der Waals surface area contributed by atoms with Gasteiger partial charge < -0.3 is 5.32 Å². The molecule has 0 aliphatic heterocycles. The monoisotopic (exact) mass is 297 g/mol. The van der Waals surface area contributed by atoms with Gasteiger partial charge in [-0.3, -0.25) is 0 Å². The molecule has 0 heterocycles. The summed E-state index contributed by atoms with van der Waals surface area (Å²) in [6.45, 7) is 10.8. The van der Waals surface area contributed by atoms with E-state index in [0.29, 0.717) is 6.54 Å². The van der Waals surface area contributed by atoms with Crippen molar-refractivity contribution in [2.75, 3.05) is 18.1 Å². The Labute approximate surface area is 123 Å². The molecule has 0 saturated heterocycles. The molecular weight excluding hydrogens is 270 g/mol. The predicted molar refractivity (Wildman–Crippen MR) is 85.9 cm³/mol. The molecule has 0 spiro atoms. The fourth-order valence-electron chi connectivity index (χ4n) is 1.96. The molecule has 0 aromatic heterocycles. The van der Waals surface area contributed by atoms with E-state index >= 15 is 0 Å². The highest BCUT2D eigenvalue weighted by molar-refractivity contribution is 7.91. The van der Waals surface area contributed by atoms with Crippen molar-refractivity contribution in [3.05, 3.63) is 35.4 Å². The van der Waals surface area contributed by atoms with Crippen molar-refractivity contribution in [3.8, 4) is 0 Å². The number of hydrogen-bond donors (Lipinski definition) is 1. The van der Waals surface area contributed by atoms with Crippen LogP contribution in [0.2, 0.25) is 0 Å². The van der Waals surface area contributed by atoms with E-state index in [1.807, 2.05) is 0 Å². The number of hydrogen-bond acceptors (Lipinski definition) is 3. The third-order valence-electron chi connectivity index (χ3n) is 3.58. The Balaban J connectivity index is 2.58. The zero-order valence-electron chi connectivity index (χ0n) is 13.2. The van der Waals surface area contributed by atoms with Crippen molar-refractivity contribution in [2.45, 2.75) is 46.1 Å². The lowest BCUT2D eigenvalue weighted by Gasteiger charge is -2.20. The summed E-state index contributed by atoms with van der Waals surface area (Å²) in [6.07, 6.45) is 0. The molecule has 1 atom stereocenters. The van der Waals surface area contributed by atoms with Crippen molar-refractivity contribution in [2.24, 2.45) is 0 Å². The van der Waals surface area contributed by atoms with Gasteiger partial charge in [0.25, 0.3) is 0 Å². The fourth-order valence-corrected chi connectivity index (χ4v) is 2.68. The predicted octanol–water partition coefficient (Wildman–Crippen LogP) is 3.07. The second kappa shape index (κ2) is 6.72. The third kappa shape index (κ3) is 5.25. The van der Waals surface area contributed by atoms with Gasteiger partial charge in [0.1, 0.15) is 0 Å². The minimum absolute atomic E-state index is 0.157. The van der Waals surface area contributed by atoms with Gasteiger partial charge in [-0.05, 0) is 23.5 Å². The highest BCUT2D eigenvalue weighted by Gasteiger charge is 2.14. The topological polar surface area (TPSA) is 46.2 Å². The van der Waals surface area contributed by atoms with E-state index < -0.39 is 9.84 Å². The van der Waals surface area contributed by atoms with Crippen LogP contribution in [-0.4, -0.2) is 26.5 Å². The average Bonchev–Trinajstić information content (AvgIpc) is 2.37. The molecule has 0 saturated carbocycles. The Morgan fingerprint density at radius 2 is 1.70 bits per heavy atom. The molecular formula is C16H27NO2S. The van der Waals surface area contributed by atoms with Crippen LogP contribution in [0.5, 0.6) is 0 Å². The quantitative estimate of drug-likeness (QED) is 0.878. The standard InChI is InChI=1S/C16H27NO2S/c1-6-20(18,19)12-11-17-13(2)14-7-9-15(10-8-14)16(3,4)5/h7-10,13,17H,6,11-12H2,1-5H3. The van der Waals surface area contributed by atoms with Gasteiger partial charge in [-0.1, -0.05) is 52.0 Å². The van der Waals surface area contributed by atoms with Crippen molar-refractivity contribution in [3.63, 3.8) is 0 Å². The minimum Gasteiger partial charge on any atom is -0.309 e. The molecule has 1 N–H and O–H groups in total. The summed E-state index contributed by atoms with van der Waals surface area (Å²) in [6, 6.07) is 8.70. The van der Waals surface area contributed by atoms with Gasteiger partial charge in [0, 0.05) is 18.3 Å². The van der Waals surface area contributed by atoms with Crippen LogP contribution in [0.3, 0.4) is 0 Å². The van der Waals surface area contributed by atoms with Crippen LogP contribution in [0.15, 0.2) is 24.3 Å². The number of sulfone groups is 1. The summed E-state index contributed by atoms with van der Waals surface area (Å²) in [4.78, 5) is 0. The van der Waals surface area contributed by atoms with Crippen molar-refractivity contribution >= 4 is 9.84 Å². The molecule has 20 heavy (non-hydrogen) atoms. The van der Waals surface area contributed by atoms with E-state index in [1.54, 1.807) is 6.92 Å². The zero-order chi connectivity index (χ0) is 15.4. The van der Waals surface area contributed by atoms with Gasteiger partial charge in [-0.15, -0.1) is 0 Å². The first-order valence-corrected chi connectivity index (χ1v) is 9.02. The maximum absolute atomic E-state index is 11.4. The zero-order valence-corrected chi connectivity index (χ0v) is 14.0. The summed E-state index contributed by atoms with van der Waals surface area (Å²) in [7, 11) is -2.89. The molecule has 0 bridgehead atoms. The number of benzene rings is 1. The highest BCUT2D eigenvalue weighted by Crippen LogP contribution is 2.23. The average molecular weight is 297 g/mol. The Kier molecular flexibility index (Phi) is 5.78. The van der Waals surface area contributed by atoms with Crippen LogP contribution in [0.25, 0.3) is 0 Å². The fraction of sp³-hybridized carbons (Fsp3) is 0.625. The molecule has 1 unspecified atom stereocenters. The second-order valence-corrected chi connectivity index (χ2v) is 8.76. The van der Waals surface area contributed by atoms with Gasteiger partial charge >= 0.3 is 0 Å². The second-order valence-electron chi connectivity index (χ2n) is 6.28. The SMILES string of the molecule is CCS(=O)(=O)CCNC(C)c1ccc(C(C)(C)C)cc1. The van der Waals surface area contributed by atoms with Gasteiger partial charge in [0.2, 0.25) is 0 Å². The van der Waals surface area contributed by atoms with Gasteiger partial charge in [0.15, 0.2) is 9.84 Å². The first-order chi connectivity index (χ1) is 9.15.